The summed E-state index contributed by atoms with van der Waals surface area (Å²) in [6.07, 6.45) is 0. The van der Waals surface area contributed by atoms with Gasteiger partial charge in [-0.25, -0.2) is 4.98 Å². The first-order valence-corrected chi connectivity index (χ1v) is 9.43. The second-order valence-electron chi connectivity index (χ2n) is 5.86. The summed E-state index contributed by atoms with van der Waals surface area (Å²) in [5.41, 5.74) is 2.59. The number of aromatic nitrogens is 2. The van der Waals surface area contributed by atoms with Gasteiger partial charge in [-0.2, -0.15) is 4.98 Å². The van der Waals surface area contributed by atoms with Gasteiger partial charge in [0.05, 0.1) is 4.92 Å². The largest absolute Gasteiger partial charge is 0.439 e. The number of halogens is 1. The van der Waals surface area contributed by atoms with E-state index in [1.165, 1.54) is 17.8 Å². The van der Waals surface area contributed by atoms with Crippen LogP contribution in [0.5, 0.6) is 11.6 Å². The molecule has 0 radical (unpaired) electrons. The van der Waals surface area contributed by atoms with Crippen LogP contribution >= 0.6 is 23.4 Å². The molecule has 0 unspecified atom stereocenters. The summed E-state index contributed by atoms with van der Waals surface area (Å²) < 4.78 is 5.83. The molecule has 8 heteroatoms. The first-order valence-electron chi connectivity index (χ1n) is 8.06. The molecule has 3 aromatic rings. The molecule has 0 amide bonds. The smallest absolute Gasteiger partial charge is 0.269 e. The van der Waals surface area contributed by atoms with Gasteiger partial charge in [0.15, 0.2) is 5.16 Å². The van der Waals surface area contributed by atoms with Crippen LogP contribution in [-0.2, 0) is 5.75 Å². The van der Waals surface area contributed by atoms with Crippen molar-refractivity contribution in [1.29, 1.82) is 0 Å². The summed E-state index contributed by atoms with van der Waals surface area (Å²) in [7, 11) is 0. The number of nitro benzene ring substituents is 1. The molecule has 0 fully saturated rings. The summed E-state index contributed by atoms with van der Waals surface area (Å²) in [5.74, 6) is 1.60. The Bertz CT molecular complexity index is 998. The standard InChI is InChI=1S/C19H16ClN3O3S/c1-12-8-16(6-7-17(12)20)26-18-9-13(2)21-19(22-18)27-11-14-4-3-5-15(10-14)23(24)25/h3-10H,11H2,1-2H3. The SMILES string of the molecule is Cc1cc(Oc2ccc(Cl)c(C)c2)nc(SCc2cccc([N+](=O)[O-])c2)n1. The summed E-state index contributed by atoms with van der Waals surface area (Å²) in [6.45, 7) is 3.76. The number of thioether (sulfide) groups is 1. The molecule has 1 aromatic heterocycles. The van der Waals surface area contributed by atoms with E-state index < -0.39 is 4.92 Å². The quantitative estimate of drug-likeness (QED) is 0.227. The Hall–Kier alpha value is -2.64. The van der Waals surface area contributed by atoms with Crippen LogP contribution in [0.2, 0.25) is 5.02 Å². The number of ether oxygens (including phenoxy) is 1. The number of non-ortho nitro benzene ring substituents is 1. The Morgan fingerprint density at radius 1 is 1.15 bits per heavy atom. The molecule has 0 aliphatic heterocycles. The summed E-state index contributed by atoms with van der Waals surface area (Å²) in [6, 6.07) is 13.7. The molecule has 0 N–H and O–H groups in total. The van der Waals surface area contributed by atoms with Crippen LogP contribution in [0.3, 0.4) is 0 Å². The van der Waals surface area contributed by atoms with Gasteiger partial charge in [-0.3, -0.25) is 10.1 Å². The molecule has 0 saturated heterocycles. The van der Waals surface area contributed by atoms with Gasteiger partial charge in [0.1, 0.15) is 5.75 Å². The lowest BCUT2D eigenvalue weighted by Crippen LogP contribution is -1.96. The number of nitro groups is 1. The third kappa shape index (κ3) is 5.18. The zero-order valence-corrected chi connectivity index (χ0v) is 16.3. The number of rotatable bonds is 6. The molecule has 0 aliphatic rings. The number of aryl methyl sites for hydroxylation is 2. The van der Waals surface area contributed by atoms with E-state index in [4.69, 9.17) is 16.3 Å². The molecular formula is C19H16ClN3O3S. The van der Waals surface area contributed by atoms with E-state index in [1.54, 1.807) is 30.3 Å². The normalized spacial score (nSPS) is 10.6. The number of benzene rings is 2. The van der Waals surface area contributed by atoms with Gasteiger partial charge in [-0.15, -0.1) is 0 Å². The molecule has 6 nitrogen and oxygen atoms in total. The van der Waals surface area contributed by atoms with Crippen molar-refractivity contribution in [2.24, 2.45) is 0 Å². The van der Waals surface area contributed by atoms with Crippen LogP contribution in [-0.4, -0.2) is 14.9 Å². The van der Waals surface area contributed by atoms with Crippen molar-refractivity contribution >= 4 is 29.1 Å². The molecule has 0 aliphatic carbocycles. The number of nitrogens with zero attached hydrogens (tertiary/aromatic N) is 3. The zero-order valence-electron chi connectivity index (χ0n) is 14.7. The summed E-state index contributed by atoms with van der Waals surface area (Å²) >= 11 is 7.43. The van der Waals surface area contributed by atoms with Gasteiger partial charge in [-0.05, 0) is 43.2 Å². The fourth-order valence-corrected chi connectivity index (χ4v) is 3.30. The molecule has 27 heavy (non-hydrogen) atoms. The topological polar surface area (TPSA) is 78.2 Å². The second-order valence-corrected chi connectivity index (χ2v) is 7.21. The molecule has 138 valence electrons. The van der Waals surface area contributed by atoms with Crippen LogP contribution in [0.4, 0.5) is 5.69 Å². The molecular weight excluding hydrogens is 386 g/mol. The lowest BCUT2D eigenvalue weighted by molar-refractivity contribution is -0.384. The van der Waals surface area contributed by atoms with Crippen molar-refractivity contribution in [3.05, 3.63) is 80.5 Å². The van der Waals surface area contributed by atoms with Crippen LogP contribution in [0.1, 0.15) is 16.8 Å². The lowest BCUT2D eigenvalue weighted by Gasteiger charge is -2.09. The number of hydrogen-bond donors (Lipinski definition) is 0. The van der Waals surface area contributed by atoms with E-state index in [0.717, 1.165) is 16.8 Å². The van der Waals surface area contributed by atoms with E-state index in [2.05, 4.69) is 9.97 Å². The Balaban J connectivity index is 1.74. The minimum atomic E-state index is -0.405. The van der Waals surface area contributed by atoms with Gasteiger partial charge >= 0.3 is 0 Å². The predicted molar refractivity (Wildman–Crippen MR) is 106 cm³/mol. The monoisotopic (exact) mass is 401 g/mol. The fraction of sp³-hybridized carbons (Fsp3) is 0.158. The van der Waals surface area contributed by atoms with Crippen LogP contribution in [0, 0.1) is 24.0 Å². The van der Waals surface area contributed by atoms with E-state index in [1.807, 2.05) is 26.0 Å². The van der Waals surface area contributed by atoms with Gasteiger partial charge in [-0.1, -0.05) is 35.5 Å². The Labute approximate surface area is 165 Å². The highest BCUT2D eigenvalue weighted by Gasteiger charge is 2.09. The minimum absolute atomic E-state index is 0.0698. The van der Waals surface area contributed by atoms with Crippen LogP contribution < -0.4 is 4.74 Å². The maximum absolute atomic E-state index is 10.9. The molecule has 0 atom stereocenters. The van der Waals surface area contributed by atoms with Gasteiger partial charge in [0, 0.05) is 34.7 Å². The molecule has 0 spiro atoms. The average molecular weight is 402 g/mol. The highest BCUT2D eigenvalue weighted by Crippen LogP contribution is 2.28. The van der Waals surface area contributed by atoms with Gasteiger partial charge in [0.2, 0.25) is 5.88 Å². The Morgan fingerprint density at radius 2 is 1.96 bits per heavy atom. The first-order chi connectivity index (χ1) is 12.9. The second kappa shape index (κ2) is 8.37. The Kier molecular flexibility index (Phi) is 5.93. The summed E-state index contributed by atoms with van der Waals surface area (Å²) in [5, 5.41) is 12.1. The maximum Gasteiger partial charge on any atom is 0.269 e. The fourth-order valence-electron chi connectivity index (χ4n) is 2.34. The van der Waals surface area contributed by atoms with Crippen LogP contribution in [0.15, 0.2) is 53.7 Å². The van der Waals surface area contributed by atoms with Crippen molar-refractivity contribution in [3.63, 3.8) is 0 Å². The van der Waals surface area contributed by atoms with E-state index >= 15 is 0 Å². The molecule has 2 aromatic carbocycles. The van der Waals surface area contributed by atoms with Crippen molar-refractivity contribution in [2.75, 3.05) is 0 Å². The van der Waals surface area contributed by atoms with E-state index in [0.29, 0.717) is 27.6 Å². The van der Waals surface area contributed by atoms with Gasteiger partial charge in [0.25, 0.3) is 5.69 Å². The van der Waals surface area contributed by atoms with Gasteiger partial charge < -0.3 is 4.74 Å². The molecule has 3 rings (SSSR count). The highest BCUT2D eigenvalue weighted by atomic mass is 35.5. The third-order valence-electron chi connectivity index (χ3n) is 3.65. The van der Waals surface area contributed by atoms with Crippen molar-refractivity contribution in [2.45, 2.75) is 24.8 Å². The molecule has 0 bridgehead atoms. The predicted octanol–water partition coefficient (Wildman–Crippen LogP) is 5.74. The van der Waals surface area contributed by atoms with E-state index in [-0.39, 0.29) is 5.69 Å². The third-order valence-corrected chi connectivity index (χ3v) is 4.99. The van der Waals surface area contributed by atoms with Crippen molar-refractivity contribution in [1.82, 2.24) is 9.97 Å². The number of hydrogen-bond acceptors (Lipinski definition) is 6. The van der Waals surface area contributed by atoms with E-state index in [9.17, 15) is 10.1 Å². The van der Waals surface area contributed by atoms with Crippen molar-refractivity contribution in [3.8, 4) is 11.6 Å². The minimum Gasteiger partial charge on any atom is -0.439 e. The molecule has 1 heterocycles. The summed E-state index contributed by atoms with van der Waals surface area (Å²) in [4.78, 5) is 19.3. The lowest BCUT2D eigenvalue weighted by atomic mass is 10.2. The molecule has 0 saturated carbocycles. The maximum atomic E-state index is 10.9. The zero-order chi connectivity index (χ0) is 19.4. The van der Waals surface area contributed by atoms with Crippen molar-refractivity contribution < 1.29 is 9.66 Å². The Morgan fingerprint density at radius 3 is 2.70 bits per heavy atom. The first kappa shape index (κ1) is 19.1. The average Bonchev–Trinajstić information content (AvgIpc) is 2.63. The highest BCUT2D eigenvalue weighted by molar-refractivity contribution is 7.98. The van der Waals surface area contributed by atoms with Crippen LogP contribution in [0.25, 0.3) is 0 Å².